The van der Waals surface area contributed by atoms with E-state index < -0.39 is 0 Å². The highest BCUT2D eigenvalue weighted by molar-refractivity contribution is 7.09. The Kier molecular flexibility index (Phi) is 3.08. The Bertz CT molecular complexity index is 440. The first-order chi connectivity index (χ1) is 7.29. The topological polar surface area (TPSA) is 38.9 Å². The Hall–Kier alpha value is -1.26. The van der Waals surface area contributed by atoms with Crippen LogP contribution < -0.4 is 5.73 Å². The molecule has 15 heavy (non-hydrogen) atoms. The lowest BCUT2D eigenvalue weighted by molar-refractivity contribution is 0.624. The molecule has 0 aliphatic heterocycles. The molecule has 1 heterocycles. The fourth-order valence-electron chi connectivity index (χ4n) is 1.46. The van der Waals surface area contributed by atoms with Gasteiger partial charge in [0.05, 0.1) is 5.01 Å². The number of aromatic nitrogens is 1. The van der Waals surface area contributed by atoms with Crippen molar-refractivity contribution >= 4 is 11.3 Å². The molecule has 1 aromatic heterocycles. The van der Waals surface area contributed by atoms with Crippen LogP contribution in [0, 0.1) is 5.82 Å². The highest BCUT2D eigenvalue weighted by Gasteiger charge is 2.05. The summed E-state index contributed by atoms with van der Waals surface area (Å²) in [5.74, 6) is -0.238. The van der Waals surface area contributed by atoms with E-state index in [1.165, 1.54) is 12.1 Å². The van der Waals surface area contributed by atoms with Crippen molar-refractivity contribution in [3.05, 3.63) is 51.7 Å². The average Bonchev–Trinajstić information content (AvgIpc) is 2.73. The molecule has 0 saturated carbocycles. The Balaban J connectivity index is 2.28. The Morgan fingerprint density at radius 2 is 2.20 bits per heavy atom. The first kappa shape index (κ1) is 10.3. The number of nitrogens with two attached hydrogens (primary N) is 1. The first-order valence-corrected chi connectivity index (χ1v) is 5.53. The van der Waals surface area contributed by atoms with Crippen LogP contribution in [0.1, 0.15) is 16.1 Å². The molecule has 0 aliphatic carbocycles. The largest absolute Gasteiger partial charge is 0.326 e. The van der Waals surface area contributed by atoms with Crippen molar-refractivity contribution in [2.45, 2.75) is 13.0 Å². The van der Waals surface area contributed by atoms with E-state index in [1.807, 2.05) is 5.38 Å². The zero-order valence-corrected chi connectivity index (χ0v) is 8.93. The lowest BCUT2D eigenvalue weighted by Crippen LogP contribution is -2.02. The summed E-state index contributed by atoms with van der Waals surface area (Å²) in [6.07, 6.45) is 2.50. The molecule has 0 atom stereocenters. The van der Waals surface area contributed by atoms with E-state index in [4.69, 9.17) is 5.73 Å². The third-order valence-electron chi connectivity index (χ3n) is 2.21. The van der Waals surface area contributed by atoms with Gasteiger partial charge in [0.15, 0.2) is 0 Å². The molecule has 0 aliphatic rings. The minimum absolute atomic E-state index is 0.238. The van der Waals surface area contributed by atoms with E-state index in [-0.39, 0.29) is 5.82 Å². The number of rotatable bonds is 3. The maximum atomic E-state index is 12.9. The summed E-state index contributed by atoms with van der Waals surface area (Å²) in [4.78, 5) is 4.19. The standard InChI is InChI=1S/C11H11FN2S/c12-10-2-1-8(9(5-10)7-13)6-11-14-3-4-15-11/h1-5H,6-7,13H2. The molecule has 0 saturated heterocycles. The minimum Gasteiger partial charge on any atom is -0.326 e. The van der Waals surface area contributed by atoms with Crippen LogP contribution in [0.15, 0.2) is 29.8 Å². The third kappa shape index (κ3) is 2.40. The van der Waals surface area contributed by atoms with Gasteiger partial charge >= 0.3 is 0 Å². The van der Waals surface area contributed by atoms with Crippen LogP contribution in [-0.2, 0) is 13.0 Å². The van der Waals surface area contributed by atoms with E-state index in [0.29, 0.717) is 6.54 Å². The summed E-state index contributed by atoms with van der Waals surface area (Å²) in [6.45, 7) is 0.360. The number of hydrogen-bond acceptors (Lipinski definition) is 3. The predicted molar refractivity (Wildman–Crippen MR) is 59.2 cm³/mol. The van der Waals surface area contributed by atoms with Crippen molar-refractivity contribution in [1.29, 1.82) is 0 Å². The molecule has 2 nitrogen and oxygen atoms in total. The van der Waals surface area contributed by atoms with Crippen LogP contribution in [0.3, 0.4) is 0 Å². The summed E-state index contributed by atoms with van der Waals surface area (Å²) in [7, 11) is 0. The second-order valence-corrected chi connectivity index (χ2v) is 4.20. The zero-order chi connectivity index (χ0) is 10.7. The molecule has 0 radical (unpaired) electrons. The van der Waals surface area contributed by atoms with Crippen LogP contribution in [0.2, 0.25) is 0 Å². The minimum atomic E-state index is -0.238. The lowest BCUT2D eigenvalue weighted by Gasteiger charge is -2.05. The number of thiazole rings is 1. The normalized spacial score (nSPS) is 10.5. The summed E-state index contributed by atoms with van der Waals surface area (Å²) in [5, 5.41) is 2.96. The van der Waals surface area contributed by atoms with Crippen LogP contribution >= 0.6 is 11.3 Å². The van der Waals surface area contributed by atoms with Gasteiger partial charge in [0, 0.05) is 24.5 Å². The van der Waals surface area contributed by atoms with E-state index in [2.05, 4.69) is 4.98 Å². The van der Waals surface area contributed by atoms with Gasteiger partial charge in [-0.05, 0) is 23.3 Å². The van der Waals surface area contributed by atoms with Gasteiger partial charge in [-0.15, -0.1) is 11.3 Å². The van der Waals surface area contributed by atoms with Crippen LogP contribution in [0.4, 0.5) is 4.39 Å². The maximum Gasteiger partial charge on any atom is 0.123 e. The number of benzene rings is 1. The molecule has 2 aromatic rings. The molecule has 4 heteroatoms. The summed E-state index contributed by atoms with van der Waals surface area (Å²) in [6, 6.07) is 4.73. The third-order valence-corrected chi connectivity index (χ3v) is 2.99. The van der Waals surface area contributed by atoms with Crippen molar-refractivity contribution in [2.24, 2.45) is 5.73 Å². The molecular weight excluding hydrogens is 211 g/mol. The van der Waals surface area contributed by atoms with Crippen molar-refractivity contribution in [3.63, 3.8) is 0 Å². The lowest BCUT2D eigenvalue weighted by atomic mass is 10.0. The summed E-state index contributed by atoms with van der Waals surface area (Å²) >= 11 is 1.60. The second kappa shape index (κ2) is 4.51. The van der Waals surface area contributed by atoms with Gasteiger partial charge in [-0.3, -0.25) is 0 Å². The fraction of sp³-hybridized carbons (Fsp3) is 0.182. The molecule has 78 valence electrons. The number of halogens is 1. The maximum absolute atomic E-state index is 12.9. The van der Waals surface area contributed by atoms with Gasteiger partial charge in [0.2, 0.25) is 0 Å². The van der Waals surface area contributed by atoms with Crippen molar-refractivity contribution in [1.82, 2.24) is 4.98 Å². The summed E-state index contributed by atoms with van der Waals surface area (Å²) < 4.78 is 12.9. The predicted octanol–water partition coefficient (Wildman–Crippen LogP) is 2.33. The van der Waals surface area contributed by atoms with Crippen LogP contribution in [0.5, 0.6) is 0 Å². The first-order valence-electron chi connectivity index (χ1n) is 4.65. The highest BCUT2D eigenvalue weighted by Crippen LogP contribution is 2.16. The van der Waals surface area contributed by atoms with Crippen LogP contribution in [0.25, 0.3) is 0 Å². The Morgan fingerprint density at radius 3 is 2.87 bits per heavy atom. The van der Waals surface area contributed by atoms with E-state index in [9.17, 15) is 4.39 Å². The fourth-order valence-corrected chi connectivity index (χ4v) is 2.10. The van der Waals surface area contributed by atoms with Crippen molar-refractivity contribution in [3.8, 4) is 0 Å². The SMILES string of the molecule is NCc1cc(F)ccc1Cc1nccs1. The van der Waals surface area contributed by atoms with Gasteiger partial charge in [0.1, 0.15) is 5.82 Å². The molecule has 0 amide bonds. The molecule has 2 rings (SSSR count). The van der Waals surface area contributed by atoms with Gasteiger partial charge in [-0.25, -0.2) is 9.37 Å². The Morgan fingerprint density at radius 1 is 1.33 bits per heavy atom. The Labute approximate surface area is 91.6 Å². The smallest absolute Gasteiger partial charge is 0.123 e. The van der Waals surface area contributed by atoms with Gasteiger partial charge in [0.25, 0.3) is 0 Å². The monoisotopic (exact) mass is 222 g/mol. The van der Waals surface area contributed by atoms with E-state index >= 15 is 0 Å². The molecular formula is C11H11FN2S. The van der Waals surface area contributed by atoms with Crippen molar-refractivity contribution < 1.29 is 4.39 Å². The van der Waals surface area contributed by atoms with Gasteiger partial charge < -0.3 is 5.73 Å². The molecule has 0 bridgehead atoms. The molecule has 0 fully saturated rings. The number of hydrogen-bond donors (Lipinski definition) is 1. The van der Waals surface area contributed by atoms with Crippen molar-refractivity contribution in [2.75, 3.05) is 0 Å². The summed E-state index contributed by atoms with van der Waals surface area (Å²) in [5.41, 5.74) is 7.47. The van der Waals surface area contributed by atoms with E-state index in [0.717, 1.165) is 22.6 Å². The zero-order valence-electron chi connectivity index (χ0n) is 8.11. The van der Waals surface area contributed by atoms with Crippen LogP contribution in [-0.4, -0.2) is 4.98 Å². The quantitative estimate of drug-likeness (QED) is 0.865. The second-order valence-electron chi connectivity index (χ2n) is 3.22. The number of nitrogens with zero attached hydrogens (tertiary/aromatic N) is 1. The molecule has 0 spiro atoms. The van der Waals surface area contributed by atoms with E-state index in [1.54, 1.807) is 23.6 Å². The van der Waals surface area contributed by atoms with Gasteiger partial charge in [-0.2, -0.15) is 0 Å². The molecule has 2 N–H and O–H groups in total. The average molecular weight is 222 g/mol. The molecule has 0 unspecified atom stereocenters. The van der Waals surface area contributed by atoms with Gasteiger partial charge in [-0.1, -0.05) is 6.07 Å². The molecule has 1 aromatic carbocycles. The highest BCUT2D eigenvalue weighted by atomic mass is 32.1.